The molecule has 0 aliphatic heterocycles. The number of aliphatic hydroxyl groups excluding tert-OH is 1. The predicted molar refractivity (Wildman–Crippen MR) is 91.6 cm³/mol. The lowest BCUT2D eigenvalue weighted by molar-refractivity contribution is -0.116. The second kappa shape index (κ2) is 8.34. The molecule has 0 bridgehead atoms. The van der Waals surface area contributed by atoms with Gasteiger partial charge in [-0.3, -0.25) is 4.79 Å². The van der Waals surface area contributed by atoms with Crippen LogP contribution >= 0.6 is 0 Å². The van der Waals surface area contributed by atoms with Crippen LogP contribution in [0.15, 0.2) is 48.5 Å². The molecule has 2 aromatic rings. The molecule has 122 valence electrons. The maximum absolute atomic E-state index is 12.1. The second-order valence-electron chi connectivity index (χ2n) is 5.39. The third kappa shape index (κ3) is 5.11. The summed E-state index contributed by atoms with van der Waals surface area (Å²) in [4.78, 5) is 12.1. The summed E-state index contributed by atoms with van der Waals surface area (Å²) < 4.78 is 5.40. The van der Waals surface area contributed by atoms with E-state index in [9.17, 15) is 9.90 Å². The Hall–Kier alpha value is -2.33. The van der Waals surface area contributed by atoms with Crippen LogP contribution in [0.1, 0.15) is 37.5 Å². The SMILES string of the molecule is CCOc1ccc(CCC(=O)Nc2ccccc2C(C)O)cc1. The molecule has 0 radical (unpaired) electrons. The van der Waals surface area contributed by atoms with E-state index in [1.165, 1.54) is 0 Å². The van der Waals surface area contributed by atoms with Gasteiger partial charge >= 0.3 is 0 Å². The molecule has 2 N–H and O–H groups in total. The normalized spacial score (nSPS) is 11.8. The highest BCUT2D eigenvalue weighted by Gasteiger charge is 2.10. The summed E-state index contributed by atoms with van der Waals surface area (Å²) in [5.41, 5.74) is 2.48. The van der Waals surface area contributed by atoms with Gasteiger partial charge in [0.1, 0.15) is 5.75 Å². The molecule has 1 amide bonds. The highest BCUT2D eigenvalue weighted by molar-refractivity contribution is 5.91. The molecule has 0 fully saturated rings. The van der Waals surface area contributed by atoms with E-state index in [1.54, 1.807) is 13.0 Å². The van der Waals surface area contributed by atoms with Crippen LogP contribution in [0, 0.1) is 0 Å². The zero-order valence-electron chi connectivity index (χ0n) is 13.6. The Bertz CT molecular complexity index is 635. The van der Waals surface area contributed by atoms with Crippen molar-refractivity contribution in [2.75, 3.05) is 11.9 Å². The number of para-hydroxylation sites is 1. The number of hydrogen-bond donors (Lipinski definition) is 2. The fourth-order valence-electron chi connectivity index (χ4n) is 2.36. The summed E-state index contributed by atoms with van der Waals surface area (Å²) in [7, 11) is 0. The molecule has 0 saturated heterocycles. The standard InChI is InChI=1S/C19H23NO3/c1-3-23-16-11-8-15(9-12-16)10-13-19(22)20-18-7-5-4-6-17(18)14(2)21/h4-9,11-12,14,21H,3,10,13H2,1-2H3,(H,20,22). The van der Waals surface area contributed by atoms with E-state index in [1.807, 2.05) is 49.4 Å². The van der Waals surface area contributed by atoms with Crippen molar-refractivity contribution in [2.45, 2.75) is 32.8 Å². The first-order valence-corrected chi connectivity index (χ1v) is 7.88. The van der Waals surface area contributed by atoms with Crippen LogP contribution in [0.5, 0.6) is 5.75 Å². The molecule has 4 nitrogen and oxygen atoms in total. The Balaban J connectivity index is 1.90. The minimum atomic E-state index is -0.613. The van der Waals surface area contributed by atoms with Crippen molar-refractivity contribution < 1.29 is 14.6 Å². The highest BCUT2D eigenvalue weighted by atomic mass is 16.5. The number of ether oxygens (including phenoxy) is 1. The molecule has 0 aliphatic rings. The van der Waals surface area contributed by atoms with Gasteiger partial charge in [-0.15, -0.1) is 0 Å². The number of aryl methyl sites for hydroxylation is 1. The first-order valence-electron chi connectivity index (χ1n) is 7.88. The number of carbonyl (C=O) groups excluding carboxylic acids is 1. The number of nitrogens with one attached hydrogen (secondary N) is 1. The first kappa shape index (κ1) is 17.0. The Morgan fingerprint density at radius 2 is 1.87 bits per heavy atom. The molecule has 1 atom stereocenters. The summed E-state index contributed by atoms with van der Waals surface area (Å²) in [5, 5.41) is 12.6. The van der Waals surface area contributed by atoms with Crippen molar-refractivity contribution in [3.8, 4) is 5.75 Å². The van der Waals surface area contributed by atoms with Crippen molar-refractivity contribution in [1.29, 1.82) is 0 Å². The van der Waals surface area contributed by atoms with Gasteiger partial charge in [-0.1, -0.05) is 30.3 Å². The number of anilines is 1. The van der Waals surface area contributed by atoms with Gasteiger partial charge in [0.25, 0.3) is 0 Å². The molecule has 4 heteroatoms. The van der Waals surface area contributed by atoms with E-state index in [-0.39, 0.29) is 5.91 Å². The summed E-state index contributed by atoms with van der Waals surface area (Å²) in [6.45, 7) is 4.28. The third-order valence-electron chi connectivity index (χ3n) is 3.56. The number of hydrogen-bond acceptors (Lipinski definition) is 3. The van der Waals surface area contributed by atoms with E-state index in [0.29, 0.717) is 25.1 Å². The van der Waals surface area contributed by atoms with Gasteiger partial charge in [-0.2, -0.15) is 0 Å². The van der Waals surface area contributed by atoms with E-state index in [2.05, 4.69) is 5.32 Å². The molecule has 0 aromatic heterocycles. The molecular weight excluding hydrogens is 290 g/mol. The number of benzene rings is 2. The second-order valence-corrected chi connectivity index (χ2v) is 5.39. The summed E-state index contributed by atoms with van der Waals surface area (Å²) >= 11 is 0. The Morgan fingerprint density at radius 1 is 1.17 bits per heavy atom. The van der Waals surface area contributed by atoms with Crippen molar-refractivity contribution in [3.63, 3.8) is 0 Å². The van der Waals surface area contributed by atoms with Crippen molar-refractivity contribution in [1.82, 2.24) is 0 Å². The van der Waals surface area contributed by atoms with E-state index < -0.39 is 6.10 Å². The Labute approximate surface area is 137 Å². The highest BCUT2D eigenvalue weighted by Crippen LogP contribution is 2.22. The lowest BCUT2D eigenvalue weighted by atomic mass is 10.1. The fraction of sp³-hybridized carbons (Fsp3) is 0.316. The van der Waals surface area contributed by atoms with Gasteiger partial charge in [0, 0.05) is 17.7 Å². The van der Waals surface area contributed by atoms with Crippen LogP contribution < -0.4 is 10.1 Å². The zero-order chi connectivity index (χ0) is 16.7. The van der Waals surface area contributed by atoms with Crippen LogP contribution in [0.4, 0.5) is 5.69 Å². The first-order chi connectivity index (χ1) is 11.1. The average molecular weight is 313 g/mol. The maximum Gasteiger partial charge on any atom is 0.224 e. The largest absolute Gasteiger partial charge is 0.494 e. The number of aliphatic hydroxyl groups is 1. The average Bonchev–Trinajstić information content (AvgIpc) is 2.55. The third-order valence-corrected chi connectivity index (χ3v) is 3.56. The van der Waals surface area contributed by atoms with E-state index >= 15 is 0 Å². The molecule has 1 unspecified atom stereocenters. The van der Waals surface area contributed by atoms with Crippen LogP contribution in [0.3, 0.4) is 0 Å². The number of carbonyl (C=O) groups is 1. The molecule has 0 aliphatic carbocycles. The van der Waals surface area contributed by atoms with Gasteiger partial charge in [0.05, 0.1) is 12.7 Å². The van der Waals surface area contributed by atoms with Crippen LogP contribution in [-0.2, 0) is 11.2 Å². The Kier molecular flexibility index (Phi) is 6.18. The molecule has 2 aromatic carbocycles. The zero-order valence-corrected chi connectivity index (χ0v) is 13.6. The summed E-state index contributed by atoms with van der Waals surface area (Å²) in [6, 6.07) is 15.1. The quantitative estimate of drug-likeness (QED) is 0.819. The van der Waals surface area contributed by atoms with Crippen molar-refractivity contribution in [2.24, 2.45) is 0 Å². The monoisotopic (exact) mass is 313 g/mol. The lowest BCUT2D eigenvalue weighted by Crippen LogP contribution is -2.14. The molecule has 0 heterocycles. The summed E-state index contributed by atoms with van der Waals surface area (Å²) in [6.07, 6.45) is 0.439. The summed E-state index contributed by atoms with van der Waals surface area (Å²) in [5.74, 6) is 0.776. The predicted octanol–water partition coefficient (Wildman–Crippen LogP) is 3.71. The topological polar surface area (TPSA) is 58.6 Å². The van der Waals surface area contributed by atoms with Crippen LogP contribution in [0.2, 0.25) is 0 Å². The molecule has 2 rings (SSSR count). The number of rotatable bonds is 7. The van der Waals surface area contributed by atoms with Crippen LogP contribution in [0.25, 0.3) is 0 Å². The molecular formula is C19H23NO3. The molecule has 23 heavy (non-hydrogen) atoms. The fourth-order valence-corrected chi connectivity index (χ4v) is 2.36. The van der Waals surface area contributed by atoms with Gasteiger partial charge in [0.15, 0.2) is 0 Å². The van der Waals surface area contributed by atoms with Crippen LogP contribution in [-0.4, -0.2) is 17.6 Å². The van der Waals surface area contributed by atoms with Gasteiger partial charge in [-0.05, 0) is 44.0 Å². The molecule has 0 spiro atoms. The van der Waals surface area contributed by atoms with E-state index in [0.717, 1.165) is 16.9 Å². The Morgan fingerprint density at radius 3 is 2.52 bits per heavy atom. The van der Waals surface area contributed by atoms with Crippen molar-refractivity contribution >= 4 is 11.6 Å². The van der Waals surface area contributed by atoms with Gasteiger partial charge in [0.2, 0.25) is 5.91 Å². The van der Waals surface area contributed by atoms with E-state index in [4.69, 9.17) is 4.74 Å². The van der Waals surface area contributed by atoms with Gasteiger partial charge < -0.3 is 15.2 Å². The molecule has 0 saturated carbocycles. The minimum Gasteiger partial charge on any atom is -0.494 e. The van der Waals surface area contributed by atoms with Gasteiger partial charge in [-0.25, -0.2) is 0 Å². The van der Waals surface area contributed by atoms with Crippen molar-refractivity contribution in [3.05, 3.63) is 59.7 Å². The lowest BCUT2D eigenvalue weighted by Gasteiger charge is -2.13. The smallest absolute Gasteiger partial charge is 0.224 e. The maximum atomic E-state index is 12.1. The minimum absolute atomic E-state index is 0.0630. The number of amides is 1.